The second-order valence-electron chi connectivity index (χ2n) is 5.72. The number of anilines is 1. The van der Waals surface area contributed by atoms with Crippen LogP contribution in [0.4, 0.5) is 5.82 Å². The number of ether oxygens (including phenoxy) is 1. The number of unbranched alkanes of at least 4 members (excludes halogenated alkanes) is 4. The summed E-state index contributed by atoms with van der Waals surface area (Å²) in [7, 11) is 3.02. The fourth-order valence-corrected chi connectivity index (χ4v) is 2.06. The maximum Gasteiger partial charge on any atom is 0.349 e. The Morgan fingerprint density at radius 2 is 1.93 bits per heavy atom. The van der Waals surface area contributed by atoms with Gasteiger partial charge in [-0.1, -0.05) is 32.6 Å². The molecule has 1 rings (SSSR count). The number of aryl methyl sites for hydroxylation is 1. The molecule has 1 atom stereocenters. The van der Waals surface area contributed by atoms with Crippen molar-refractivity contribution < 1.29 is 19.7 Å². The van der Waals surface area contributed by atoms with Crippen molar-refractivity contribution in [2.24, 2.45) is 5.73 Å². The van der Waals surface area contributed by atoms with Crippen molar-refractivity contribution in [2.45, 2.75) is 64.5 Å². The summed E-state index contributed by atoms with van der Waals surface area (Å²) in [4.78, 5) is 24.9. The van der Waals surface area contributed by atoms with Crippen LogP contribution in [0.15, 0.2) is 17.1 Å². The molecule has 0 aliphatic heterocycles. The molecule has 158 valence electrons. The van der Waals surface area contributed by atoms with E-state index in [0.717, 1.165) is 12.8 Å². The first-order chi connectivity index (χ1) is 12.9. The third-order valence-electron chi connectivity index (χ3n) is 3.62. The summed E-state index contributed by atoms with van der Waals surface area (Å²) in [6, 6.07) is 1.56. The number of hydrogen-bond donors (Lipinski definition) is 4. The minimum absolute atomic E-state index is 0.0619. The van der Waals surface area contributed by atoms with E-state index in [-0.39, 0.29) is 24.2 Å². The summed E-state index contributed by atoms with van der Waals surface area (Å²) in [5.74, 6) is -0.460. The number of aliphatic carboxylic acids is 1. The molecule has 0 amide bonds. The lowest BCUT2D eigenvalue weighted by Gasteiger charge is -2.12. The number of aliphatic hydroxyl groups is 1. The van der Waals surface area contributed by atoms with Crippen LogP contribution in [0.5, 0.6) is 0 Å². The number of methoxy groups -OCH3 is 1. The Morgan fingerprint density at radius 1 is 1.30 bits per heavy atom. The van der Waals surface area contributed by atoms with E-state index in [0.29, 0.717) is 19.4 Å². The highest BCUT2D eigenvalue weighted by atomic mass is 16.5. The van der Waals surface area contributed by atoms with Gasteiger partial charge in [0.1, 0.15) is 5.82 Å². The van der Waals surface area contributed by atoms with E-state index in [9.17, 15) is 9.59 Å². The van der Waals surface area contributed by atoms with Crippen molar-refractivity contribution in [1.29, 1.82) is 0 Å². The largest absolute Gasteiger partial charge is 0.481 e. The van der Waals surface area contributed by atoms with Crippen molar-refractivity contribution in [3.63, 3.8) is 0 Å². The standard InChI is InChI=1S/C9H15N3O3.C8H16O2.CH5N/c1-15-7(6-13)2-4-12-5-3-8(10)11-9(12)14;1-2-3-4-5-6-7-8(9)10;1-2/h3,5,7,13H,2,4,6H2,1H3,(H2,10,11,14);2-7H2,1H3,(H,9,10);2H2,1H3. The molecule has 1 unspecified atom stereocenters. The number of aromatic nitrogens is 2. The van der Waals surface area contributed by atoms with Crippen molar-refractivity contribution >= 4 is 11.8 Å². The predicted octanol–water partition coefficient (Wildman–Crippen LogP) is 1.23. The van der Waals surface area contributed by atoms with Crippen LogP contribution in [-0.2, 0) is 16.1 Å². The molecule has 0 saturated heterocycles. The molecular formula is C18H36N4O5. The zero-order valence-electron chi connectivity index (χ0n) is 16.8. The number of aliphatic hydroxyl groups excluding tert-OH is 1. The van der Waals surface area contributed by atoms with Gasteiger partial charge in [0.2, 0.25) is 0 Å². The van der Waals surface area contributed by atoms with Crippen LogP contribution in [0, 0.1) is 0 Å². The molecule has 0 aromatic carbocycles. The summed E-state index contributed by atoms with van der Waals surface area (Å²) in [6.45, 7) is 2.54. The van der Waals surface area contributed by atoms with E-state index in [4.69, 9.17) is 20.7 Å². The smallest absolute Gasteiger partial charge is 0.349 e. The van der Waals surface area contributed by atoms with Gasteiger partial charge >= 0.3 is 11.7 Å². The summed E-state index contributed by atoms with van der Waals surface area (Å²) < 4.78 is 6.40. The molecule has 9 nitrogen and oxygen atoms in total. The summed E-state index contributed by atoms with van der Waals surface area (Å²) in [5.41, 5.74) is 9.46. The number of rotatable bonds is 11. The molecule has 1 aromatic rings. The van der Waals surface area contributed by atoms with Crippen molar-refractivity contribution in [3.05, 3.63) is 22.7 Å². The number of carboxylic acids is 1. The second kappa shape index (κ2) is 18.8. The van der Waals surface area contributed by atoms with Crippen LogP contribution >= 0.6 is 0 Å². The molecular weight excluding hydrogens is 352 g/mol. The average molecular weight is 389 g/mol. The first kappa shape index (κ1) is 27.3. The lowest BCUT2D eigenvalue weighted by Crippen LogP contribution is -2.26. The Bertz CT molecular complexity index is 533. The van der Waals surface area contributed by atoms with E-state index < -0.39 is 5.97 Å². The molecule has 27 heavy (non-hydrogen) atoms. The summed E-state index contributed by atoms with van der Waals surface area (Å²) in [5, 5.41) is 17.1. The molecule has 6 N–H and O–H groups in total. The summed E-state index contributed by atoms with van der Waals surface area (Å²) in [6.07, 6.45) is 7.76. The predicted molar refractivity (Wildman–Crippen MR) is 107 cm³/mol. The van der Waals surface area contributed by atoms with E-state index >= 15 is 0 Å². The van der Waals surface area contributed by atoms with Gasteiger partial charge in [-0.15, -0.1) is 0 Å². The molecule has 0 aliphatic carbocycles. The van der Waals surface area contributed by atoms with Gasteiger partial charge in [0, 0.05) is 26.3 Å². The fraction of sp³-hybridized carbons (Fsp3) is 0.722. The first-order valence-electron chi connectivity index (χ1n) is 9.20. The van der Waals surface area contributed by atoms with Gasteiger partial charge in [-0.05, 0) is 26.0 Å². The van der Waals surface area contributed by atoms with Crippen LogP contribution in [-0.4, -0.2) is 52.6 Å². The molecule has 0 radical (unpaired) electrons. The molecule has 1 heterocycles. The van der Waals surface area contributed by atoms with E-state index in [1.807, 2.05) is 0 Å². The van der Waals surface area contributed by atoms with Gasteiger partial charge in [0.25, 0.3) is 0 Å². The van der Waals surface area contributed by atoms with Crippen molar-refractivity contribution in [2.75, 3.05) is 26.5 Å². The molecule has 0 fully saturated rings. The molecule has 0 saturated carbocycles. The number of nitrogen functional groups attached to an aromatic ring is 1. The molecule has 0 bridgehead atoms. The zero-order chi connectivity index (χ0) is 21.1. The Labute approximate surface area is 161 Å². The molecule has 9 heteroatoms. The molecule has 1 aromatic heterocycles. The van der Waals surface area contributed by atoms with E-state index in [2.05, 4.69) is 17.6 Å². The van der Waals surface area contributed by atoms with E-state index in [1.165, 1.54) is 38.0 Å². The number of carbonyl (C=O) groups is 1. The van der Waals surface area contributed by atoms with Gasteiger partial charge in [-0.25, -0.2) is 4.79 Å². The highest BCUT2D eigenvalue weighted by Gasteiger charge is 2.06. The van der Waals surface area contributed by atoms with Gasteiger partial charge in [0.05, 0.1) is 12.7 Å². The Balaban J connectivity index is 0. The third kappa shape index (κ3) is 16.0. The lowest BCUT2D eigenvalue weighted by atomic mass is 10.1. The van der Waals surface area contributed by atoms with Crippen LogP contribution < -0.4 is 17.2 Å². The second-order valence-corrected chi connectivity index (χ2v) is 5.72. The fourth-order valence-electron chi connectivity index (χ4n) is 2.06. The number of nitrogens with two attached hydrogens (primary N) is 2. The van der Waals surface area contributed by atoms with Crippen LogP contribution in [0.1, 0.15) is 51.9 Å². The monoisotopic (exact) mass is 388 g/mol. The highest BCUT2D eigenvalue weighted by molar-refractivity contribution is 5.66. The van der Waals surface area contributed by atoms with E-state index in [1.54, 1.807) is 12.3 Å². The Kier molecular flexibility index (Phi) is 19.0. The van der Waals surface area contributed by atoms with Crippen molar-refractivity contribution in [3.8, 4) is 0 Å². The average Bonchev–Trinajstić information content (AvgIpc) is 2.66. The minimum atomic E-state index is -0.670. The molecule has 0 aliphatic rings. The topological polar surface area (TPSA) is 154 Å². The Morgan fingerprint density at radius 3 is 2.41 bits per heavy atom. The number of carboxylic acid groups (broad SMARTS) is 1. The Hall–Kier alpha value is -1.97. The third-order valence-corrected chi connectivity index (χ3v) is 3.62. The van der Waals surface area contributed by atoms with Gasteiger partial charge in [-0.3, -0.25) is 9.36 Å². The molecule has 0 spiro atoms. The van der Waals surface area contributed by atoms with Crippen LogP contribution in [0.3, 0.4) is 0 Å². The van der Waals surface area contributed by atoms with Gasteiger partial charge < -0.3 is 26.4 Å². The number of hydrogen-bond acceptors (Lipinski definition) is 7. The van der Waals surface area contributed by atoms with Crippen molar-refractivity contribution in [1.82, 2.24) is 9.55 Å². The minimum Gasteiger partial charge on any atom is -0.481 e. The van der Waals surface area contributed by atoms with Crippen LogP contribution in [0.2, 0.25) is 0 Å². The summed E-state index contributed by atoms with van der Waals surface area (Å²) >= 11 is 0. The maximum atomic E-state index is 11.3. The number of nitrogens with zero attached hydrogens (tertiary/aromatic N) is 2. The zero-order valence-corrected chi connectivity index (χ0v) is 16.8. The first-order valence-corrected chi connectivity index (χ1v) is 9.20. The SMILES string of the molecule is CCCCCCCC(=O)O.CN.COC(CO)CCn1ccc(N)nc1=O. The highest BCUT2D eigenvalue weighted by Crippen LogP contribution is 2.04. The van der Waals surface area contributed by atoms with Crippen LogP contribution in [0.25, 0.3) is 0 Å². The normalized spacial score (nSPS) is 10.9. The van der Waals surface area contributed by atoms with Gasteiger partial charge in [-0.2, -0.15) is 4.98 Å². The quantitative estimate of drug-likeness (QED) is 0.413. The maximum absolute atomic E-state index is 11.3. The van der Waals surface area contributed by atoms with Gasteiger partial charge in [0.15, 0.2) is 0 Å². The lowest BCUT2D eigenvalue weighted by molar-refractivity contribution is -0.137.